The lowest BCUT2D eigenvalue weighted by atomic mass is 10.0. The molecular weight excluding hydrogens is 336 g/mol. The van der Waals surface area contributed by atoms with Gasteiger partial charge >= 0.3 is 6.09 Å². The van der Waals surface area contributed by atoms with E-state index in [1.54, 1.807) is 23.9 Å². The number of nitrogens with zero attached hydrogens (tertiary/aromatic N) is 2. The summed E-state index contributed by atoms with van der Waals surface area (Å²) in [5, 5.41) is 0.0183. The zero-order chi connectivity index (χ0) is 18.8. The molecule has 6 heteroatoms. The van der Waals surface area contributed by atoms with Crippen molar-refractivity contribution in [1.29, 1.82) is 0 Å². The summed E-state index contributed by atoms with van der Waals surface area (Å²) in [6.07, 6.45) is 1.24. The van der Waals surface area contributed by atoms with Gasteiger partial charge in [-0.25, -0.2) is 4.79 Å². The fourth-order valence-corrected chi connectivity index (χ4v) is 3.68. The first-order valence-corrected chi connectivity index (χ1v) is 9.38. The van der Waals surface area contributed by atoms with Gasteiger partial charge in [0.2, 0.25) is 0 Å². The fraction of sp³-hybridized carbons (Fsp3) is 0.579. The fourth-order valence-electron chi connectivity index (χ4n) is 2.74. The number of carbonyl (C=O) groups excluding carboxylic acids is 2. The Morgan fingerprint density at radius 1 is 1.16 bits per heavy atom. The molecule has 0 bridgehead atoms. The van der Waals surface area contributed by atoms with Crippen LogP contribution >= 0.6 is 11.8 Å². The lowest BCUT2D eigenvalue weighted by molar-refractivity contribution is 0.0258. The van der Waals surface area contributed by atoms with E-state index in [0.717, 1.165) is 23.3 Å². The minimum absolute atomic E-state index is 0.0183. The highest BCUT2D eigenvalue weighted by atomic mass is 32.2. The Bertz CT molecular complexity index is 665. The second-order valence-electron chi connectivity index (χ2n) is 7.58. The third kappa shape index (κ3) is 5.14. The smallest absolute Gasteiger partial charge is 0.410 e. The van der Waals surface area contributed by atoms with Crippen LogP contribution < -0.4 is 0 Å². The Kier molecular flexibility index (Phi) is 6.03. The van der Waals surface area contributed by atoms with Gasteiger partial charge < -0.3 is 14.5 Å². The van der Waals surface area contributed by atoms with Crippen molar-refractivity contribution in [3.05, 3.63) is 28.8 Å². The lowest BCUT2D eigenvalue weighted by Crippen LogP contribution is -2.38. The van der Waals surface area contributed by atoms with Crippen molar-refractivity contribution < 1.29 is 14.3 Å². The van der Waals surface area contributed by atoms with E-state index in [4.69, 9.17) is 4.74 Å². The summed E-state index contributed by atoms with van der Waals surface area (Å²) in [6.45, 7) is 8.90. The molecule has 1 aliphatic rings. The summed E-state index contributed by atoms with van der Waals surface area (Å²) < 4.78 is 5.50. The van der Waals surface area contributed by atoms with Gasteiger partial charge in [0.25, 0.3) is 5.24 Å². The third-order valence-corrected chi connectivity index (χ3v) is 5.36. The van der Waals surface area contributed by atoms with Crippen molar-refractivity contribution in [2.45, 2.75) is 51.0 Å². The van der Waals surface area contributed by atoms with Gasteiger partial charge in [0.15, 0.2) is 0 Å². The quantitative estimate of drug-likeness (QED) is 0.704. The van der Waals surface area contributed by atoms with Crippen LogP contribution in [0.25, 0.3) is 0 Å². The van der Waals surface area contributed by atoms with Crippen LogP contribution in [0.1, 0.15) is 37.5 Å². The molecule has 0 fully saturated rings. The third-order valence-electron chi connectivity index (χ3n) is 4.04. The number of benzene rings is 1. The van der Waals surface area contributed by atoms with Crippen LogP contribution in [0, 0.1) is 6.92 Å². The summed E-state index contributed by atoms with van der Waals surface area (Å²) in [5.41, 5.74) is 3.01. The van der Waals surface area contributed by atoms with Gasteiger partial charge in [-0.15, -0.1) is 0 Å². The monoisotopic (exact) mass is 364 g/mol. The molecule has 1 heterocycles. The number of hydrogen-bond donors (Lipinski definition) is 0. The summed E-state index contributed by atoms with van der Waals surface area (Å²) >= 11 is 1.27. The zero-order valence-corrected chi connectivity index (χ0v) is 16.8. The molecule has 5 nitrogen and oxygen atoms in total. The van der Waals surface area contributed by atoms with Crippen LogP contribution in [-0.2, 0) is 17.6 Å². The normalized spacial score (nSPS) is 14.6. The van der Waals surface area contributed by atoms with Crippen LogP contribution in [-0.4, -0.2) is 53.9 Å². The molecule has 1 aromatic rings. The van der Waals surface area contributed by atoms with E-state index in [2.05, 4.69) is 12.1 Å². The van der Waals surface area contributed by atoms with Crippen molar-refractivity contribution in [2.24, 2.45) is 0 Å². The average Bonchev–Trinajstić information content (AvgIpc) is 2.70. The number of rotatable bonds is 1. The van der Waals surface area contributed by atoms with Crippen molar-refractivity contribution >= 4 is 23.1 Å². The number of fused-ring (bicyclic) bond motifs is 1. The molecule has 0 radical (unpaired) electrons. The Hall–Kier alpha value is -1.69. The van der Waals surface area contributed by atoms with Gasteiger partial charge in [-0.3, -0.25) is 4.79 Å². The molecule has 2 rings (SSSR count). The molecule has 1 aliphatic heterocycles. The first-order chi connectivity index (χ1) is 11.6. The molecule has 0 N–H and O–H groups in total. The van der Waals surface area contributed by atoms with E-state index in [9.17, 15) is 9.59 Å². The summed E-state index contributed by atoms with van der Waals surface area (Å²) in [5.74, 6) is 0. The van der Waals surface area contributed by atoms with E-state index in [1.165, 1.54) is 22.9 Å². The van der Waals surface area contributed by atoms with Crippen LogP contribution in [0.2, 0.25) is 0 Å². The van der Waals surface area contributed by atoms with E-state index >= 15 is 0 Å². The number of hydrogen-bond acceptors (Lipinski definition) is 4. The maximum Gasteiger partial charge on any atom is 0.410 e. The number of amides is 2. The number of aryl methyl sites for hydroxylation is 1. The number of thioether (sulfide) groups is 1. The van der Waals surface area contributed by atoms with Crippen LogP contribution in [0.4, 0.5) is 9.59 Å². The van der Waals surface area contributed by atoms with E-state index < -0.39 is 5.60 Å². The number of ether oxygens (including phenoxy) is 1. The predicted octanol–water partition coefficient (Wildman–Crippen LogP) is 4.10. The molecule has 0 atom stereocenters. The Morgan fingerprint density at radius 3 is 2.40 bits per heavy atom. The topological polar surface area (TPSA) is 49.9 Å². The molecule has 2 amide bonds. The summed E-state index contributed by atoms with van der Waals surface area (Å²) in [4.78, 5) is 28.9. The van der Waals surface area contributed by atoms with Gasteiger partial charge in [0, 0.05) is 32.1 Å². The maximum atomic E-state index is 12.4. The highest BCUT2D eigenvalue weighted by molar-refractivity contribution is 8.13. The van der Waals surface area contributed by atoms with E-state index in [1.807, 2.05) is 27.7 Å². The summed E-state index contributed by atoms with van der Waals surface area (Å²) in [6, 6.07) is 4.18. The second-order valence-corrected chi connectivity index (χ2v) is 8.54. The first kappa shape index (κ1) is 19.6. The van der Waals surface area contributed by atoms with Gasteiger partial charge in [-0.05, 0) is 69.0 Å². The SMILES string of the molecule is Cc1ccc2c(c1SC(=O)N(C)C)CCN(C(=O)OC(C)(C)C)CC2. The van der Waals surface area contributed by atoms with Gasteiger partial charge in [0.05, 0.1) is 0 Å². The van der Waals surface area contributed by atoms with E-state index in [0.29, 0.717) is 13.1 Å². The zero-order valence-electron chi connectivity index (χ0n) is 16.0. The van der Waals surface area contributed by atoms with Crippen LogP contribution in [0.3, 0.4) is 0 Å². The molecule has 0 aromatic heterocycles. The van der Waals surface area contributed by atoms with Crippen molar-refractivity contribution in [3.8, 4) is 0 Å². The number of carbonyl (C=O) groups is 2. The van der Waals surface area contributed by atoms with Crippen molar-refractivity contribution in [1.82, 2.24) is 9.80 Å². The second kappa shape index (κ2) is 7.68. The highest BCUT2D eigenvalue weighted by Gasteiger charge is 2.26. The average molecular weight is 365 g/mol. The molecule has 0 spiro atoms. The molecule has 25 heavy (non-hydrogen) atoms. The lowest BCUT2D eigenvalue weighted by Gasteiger charge is -2.26. The Balaban J connectivity index is 2.21. The van der Waals surface area contributed by atoms with Crippen LogP contribution in [0.5, 0.6) is 0 Å². The first-order valence-electron chi connectivity index (χ1n) is 8.57. The molecule has 0 aliphatic carbocycles. The molecule has 1 aromatic carbocycles. The van der Waals surface area contributed by atoms with Crippen molar-refractivity contribution in [2.75, 3.05) is 27.2 Å². The van der Waals surface area contributed by atoms with Gasteiger partial charge in [-0.2, -0.15) is 0 Å². The molecular formula is C19H28N2O3S. The van der Waals surface area contributed by atoms with Crippen molar-refractivity contribution in [3.63, 3.8) is 0 Å². The highest BCUT2D eigenvalue weighted by Crippen LogP contribution is 2.33. The Labute approximate surface area is 154 Å². The molecule has 138 valence electrons. The minimum atomic E-state index is -0.494. The van der Waals surface area contributed by atoms with E-state index in [-0.39, 0.29) is 11.3 Å². The predicted molar refractivity (Wildman–Crippen MR) is 101 cm³/mol. The Morgan fingerprint density at radius 2 is 1.80 bits per heavy atom. The minimum Gasteiger partial charge on any atom is -0.444 e. The summed E-state index contributed by atoms with van der Waals surface area (Å²) in [7, 11) is 3.52. The molecule has 0 saturated carbocycles. The standard InChI is InChI=1S/C19H28N2O3S/c1-13-7-8-14-9-11-21(17(22)24-19(2,3)4)12-10-15(14)16(13)25-18(23)20(5)6/h7-8H,9-12H2,1-6H3. The maximum absolute atomic E-state index is 12.4. The van der Waals surface area contributed by atoms with Gasteiger partial charge in [0.1, 0.15) is 5.60 Å². The molecule has 0 unspecified atom stereocenters. The largest absolute Gasteiger partial charge is 0.444 e. The molecule has 0 saturated heterocycles. The van der Waals surface area contributed by atoms with Crippen LogP contribution in [0.15, 0.2) is 17.0 Å². The van der Waals surface area contributed by atoms with Gasteiger partial charge in [-0.1, -0.05) is 12.1 Å².